The number of hydrogen-bond donors (Lipinski definition) is 0. The van der Waals surface area contributed by atoms with Crippen molar-refractivity contribution in [2.45, 2.75) is 20.3 Å². The van der Waals surface area contributed by atoms with Crippen molar-refractivity contribution in [1.29, 1.82) is 0 Å². The zero-order chi connectivity index (χ0) is 8.85. The summed E-state index contributed by atoms with van der Waals surface area (Å²) < 4.78 is 12.1. The van der Waals surface area contributed by atoms with Crippen LogP contribution in [0.2, 0.25) is 0 Å². The molecule has 0 aromatic heterocycles. The van der Waals surface area contributed by atoms with E-state index in [0.29, 0.717) is 5.92 Å². The lowest BCUT2D eigenvalue weighted by atomic mass is 10.0. The molecule has 62 valence electrons. The van der Waals surface area contributed by atoms with Gasteiger partial charge in [0.2, 0.25) is 0 Å². The Morgan fingerprint density at radius 3 is 2.27 bits per heavy atom. The molecule has 0 unspecified atom stereocenters. The van der Waals surface area contributed by atoms with Crippen LogP contribution >= 0.6 is 0 Å². The summed E-state index contributed by atoms with van der Waals surface area (Å²) in [5.74, 6) is 0.148. The van der Waals surface area contributed by atoms with Gasteiger partial charge in [-0.05, 0) is 18.4 Å². The van der Waals surface area contributed by atoms with Crippen LogP contribution in [0.4, 0.5) is 4.39 Å². The molecule has 0 N–H and O–H groups in total. The van der Waals surface area contributed by atoms with Crippen LogP contribution in [0.1, 0.15) is 20.3 Å². The fourth-order valence-electron chi connectivity index (χ4n) is 0.801. The topological polar surface area (TPSA) is 0 Å². The smallest absolute Gasteiger partial charge is 0.116 e. The number of rotatable bonds is 4. The molecule has 0 atom stereocenters. The molecule has 11 heavy (non-hydrogen) atoms. The van der Waals surface area contributed by atoms with Crippen molar-refractivity contribution in [3.63, 3.8) is 0 Å². The predicted octanol–water partition coefficient (Wildman–Crippen LogP) is 3.63. The van der Waals surface area contributed by atoms with E-state index >= 15 is 0 Å². The van der Waals surface area contributed by atoms with Gasteiger partial charge in [0, 0.05) is 0 Å². The second-order valence-electron chi connectivity index (χ2n) is 3.04. The van der Waals surface area contributed by atoms with Crippen LogP contribution in [0.5, 0.6) is 0 Å². The van der Waals surface area contributed by atoms with E-state index in [2.05, 4.69) is 27.0 Å². The van der Waals surface area contributed by atoms with E-state index in [0.717, 1.165) is 12.0 Å². The van der Waals surface area contributed by atoms with Crippen LogP contribution in [0.3, 0.4) is 0 Å². The molecule has 0 spiro atoms. The van der Waals surface area contributed by atoms with Gasteiger partial charge in [-0.15, -0.1) is 0 Å². The monoisotopic (exact) mass is 154 g/mol. The summed E-state index contributed by atoms with van der Waals surface area (Å²) in [4.78, 5) is 0. The van der Waals surface area contributed by atoms with Crippen molar-refractivity contribution >= 4 is 0 Å². The van der Waals surface area contributed by atoms with Gasteiger partial charge in [-0.1, -0.05) is 38.7 Å². The SMILES string of the molecule is C=C(F)/C=C\C(=C)CC(C)C. The van der Waals surface area contributed by atoms with Crippen LogP contribution in [-0.2, 0) is 0 Å². The molecule has 0 heterocycles. The third kappa shape index (κ3) is 7.04. The highest BCUT2D eigenvalue weighted by molar-refractivity contribution is 5.20. The van der Waals surface area contributed by atoms with Crippen LogP contribution in [-0.4, -0.2) is 0 Å². The Hall–Kier alpha value is -0.850. The molecule has 0 radical (unpaired) electrons. The lowest BCUT2D eigenvalue weighted by molar-refractivity contribution is 0.648. The summed E-state index contributed by atoms with van der Waals surface area (Å²) in [7, 11) is 0. The first-order valence-electron chi connectivity index (χ1n) is 3.72. The molecule has 0 saturated heterocycles. The fraction of sp³-hybridized carbons (Fsp3) is 0.400. The van der Waals surface area contributed by atoms with Crippen molar-refractivity contribution in [3.8, 4) is 0 Å². The Bertz CT molecular complexity index is 175. The molecule has 0 amide bonds. The second kappa shape index (κ2) is 4.89. The molecule has 0 aromatic rings. The van der Waals surface area contributed by atoms with E-state index in [-0.39, 0.29) is 0 Å². The Balaban J connectivity index is 3.78. The normalized spacial score (nSPS) is 10.9. The minimum atomic E-state index is -0.421. The first kappa shape index (κ1) is 10.2. The van der Waals surface area contributed by atoms with Crippen molar-refractivity contribution < 1.29 is 4.39 Å². The second-order valence-corrected chi connectivity index (χ2v) is 3.04. The van der Waals surface area contributed by atoms with Gasteiger partial charge in [0.15, 0.2) is 0 Å². The largest absolute Gasteiger partial charge is 0.208 e. The molecule has 0 aromatic carbocycles. The average molecular weight is 154 g/mol. The third-order valence-corrected chi connectivity index (χ3v) is 1.17. The molecule has 0 bridgehead atoms. The highest BCUT2D eigenvalue weighted by Crippen LogP contribution is 2.10. The zero-order valence-electron chi connectivity index (χ0n) is 7.23. The van der Waals surface area contributed by atoms with E-state index < -0.39 is 5.83 Å². The van der Waals surface area contributed by atoms with Crippen molar-refractivity contribution in [3.05, 3.63) is 36.7 Å². The maximum absolute atomic E-state index is 12.1. The maximum Gasteiger partial charge on any atom is 0.116 e. The van der Waals surface area contributed by atoms with E-state index in [4.69, 9.17) is 0 Å². The lowest BCUT2D eigenvalue weighted by Crippen LogP contribution is -1.86. The van der Waals surface area contributed by atoms with Crippen molar-refractivity contribution in [2.24, 2.45) is 5.92 Å². The van der Waals surface area contributed by atoms with Gasteiger partial charge in [0.25, 0.3) is 0 Å². The average Bonchev–Trinajstić information content (AvgIpc) is 1.82. The van der Waals surface area contributed by atoms with E-state index in [1.54, 1.807) is 6.08 Å². The van der Waals surface area contributed by atoms with Crippen LogP contribution < -0.4 is 0 Å². The minimum Gasteiger partial charge on any atom is -0.208 e. The van der Waals surface area contributed by atoms with Crippen molar-refractivity contribution in [1.82, 2.24) is 0 Å². The van der Waals surface area contributed by atoms with Crippen LogP contribution in [0, 0.1) is 5.92 Å². The summed E-state index contributed by atoms with van der Waals surface area (Å²) in [5.41, 5.74) is 0.943. The van der Waals surface area contributed by atoms with Gasteiger partial charge in [-0.25, -0.2) is 4.39 Å². The van der Waals surface area contributed by atoms with E-state index in [1.807, 2.05) is 0 Å². The van der Waals surface area contributed by atoms with Gasteiger partial charge in [0.05, 0.1) is 0 Å². The summed E-state index contributed by atoms with van der Waals surface area (Å²) in [6.45, 7) is 11.1. The molecule has 0 aliphatic rings. The molecular formula is C10H15F. The number of allylic oxidation sites excluding steroid dienone is 4. The molecule has 1 heteroatoms. The zero-order valence-corrected chi connectivity index (χ0v) is 7.23. The first-order valence-corrected chi connectivity index (χ1v) is 3.72. The molecule has 0 nitrogen and oxygen atoms in total. The molecule has 0 saturated carbocycles. The molecule has 0 fully saturated rings. The lowest BCUT2D eigenvalue weighted by Gasteiger charge is -2.02. The van der Waals surface area contributed by atoms with Gasteiger partial charge < -0.3 is 0 Å². The highest BCUT2D eigenvalue weighted by Gasteiger charge is 1.94. The fourth-order valence-corrected chi connectivity index (χ4v) is 0.801. The van der Waals surface area contributed by atoms with Crippen LogP contribution in [0.15, 0.2) is 36.7 Å². The summed E-state index contributed by atoms with van der Waals surface area (Å²) in [6, 6.07) is 0. The van der Waals surface area contributed by atoms with E-state index in [9.17, 15) is 4.39 Å². The summed E-state index contributed by atoms with van der Waals surface area (Å²) in [6.07, 6.45) is 3.91. The minimum absolute atomic E-state index is 0.421. The first-order chi connectivity index (χ1) is 5.02. The van der Waals surface area contributed by atoms with Gasteiger partial charge in [0.1, 0.15) is 5.83 Å². The third-order valence-electron chi connectivity index (χ3n) is 1.17. The Kier molecular flexibility index (Phi) is 4.51. The van der Waals surface area contributed by atoms with Crippen molar-refractivity contribution in [2.75, 3.05) is 0 Å². The van der Waals surface area contributed by atoms with Gasteiger partial charge >= 0.3 is 0 Å². The predicted molar refractivity (Wildman–Crippen MR) is 48.0 cm³/mol. The molecular weight excluding hydrogens is 139 g/mol. The standard InChI is InChI=1S/C10H15F/c1-8(2)7-9(3)5-6-10(4)11/h5-6,8H,3-4,7H2,1-2H3/b6-5-. The quantitative estimate of drug-likeness (QED) is 0.542. The van der Waals surface area contributed by atoms with Gasteiger partial charge in [-0.3, -0.25) is 0 Å². The Morgan fingerprint density at radius 1 is 1.36 bits per heavy atom. The summed E-state index contributed by atoms with van der Waals surface area (Å²) in [5, 5.41) is 0. The number of hydrogen-bond acceptors (Lipinski definition) is 0. The molecule has 0 aliphatic carbocycles. The number of halogens is 1. The Morgan fingerprint density at radius 2 is 1.91 bits per heavy atom. The Labute approximate surface area is 68.1 Å². The van der Waals surface area contributed by atoms with Gasteiger partial charge in [-0.2, -0.15) is 0 Å². The van der Waals surface area contributed by atoms with Crippen LogP contribution in [0.25, 0.3) is 0 Å². The molecule has 0 aliphatic heterocycles. The highest BCUT2D eigenvalue weighted by atomic mass is 19.1. The maximum atomic E-state index is 12.1. The van der Waals surface area contributed by atoms with E-state index in [1.165, 1.54) is 6.08 Å². The molecule has 0 rings (SSSR count). The summed E-state index contributed by atoms with van der Waals surface area (Å²) >= 11 is 0.